The zero-order valence-corrected chi connectivity index (χ0v) is 19.8. The number of piperazine rings is 1. The molecule has 9 nitrogen and oxygen atoms in total. The predicted octanol–water partition coefficient (Wildman–Crippen LogP) is 2.63. The van der Waals surface area contributed by atoms with Gasteiger partial charge in [0.2, 0.25) is 17.7 Å². The number of imide groups is 1. The monoisotopic (exact) mass is 498 g/mol. The molecule has 4 amide bonds. The molecule has 0 aromatic heterocycles. The molecular formula is C23H29F3N4O5. The number of anilines is 1. The highest BCUT2D eigenvalue weighted by molar-refractivity contribution is 6.01. The number of alkyl halides is 3. The van der Waals surface area contributed by atoms with Gasteiger partial charge in [-0.1, -0.05) is 12.1 Å². The molecule has 12 heteroatoms. The zero-order chi connectivity index (χ0) is 26.0. The van der Waals surface area contributed by atoms with E-state index in [4.69, 9.17) is 4.74 Å². The van der Waals surface area contributed by atoms with Crippen molar-refractivity contribution < 1.29 is 37.1 Å². The molecule has 0 spiro atoms. The van der Waals surface area contributed by atoms with E-state index in [1.807, 2.05) is 0 Å². The highest BCUT2D eigenvalue weighted by Crippen LogP contribution is 2.29. The normalized spacial score (nSPS) is 21.9. The van der Waals surface area contributed by atoms with Crippen LogP contribution in [0.15, 0.2) is 24.3 Å². The van der Waals surface area contributed by atoms with Gasteiger partial charge in [0.15, 0.2) is 0 Å². The molecule has 0 saturated carbocycles. The van der Waals surface area contributed by atoms with Crippen molar-refractivity contribution in [3.8, 4) is 0 Å². The maximum absolute atomic E-state index is 13.8. The van der Waals surface area contributed by atoms with Gasteiger partial charge in [-0.15, -0.1) is 0 Å². The molecule has 2 saturated heterocycles. The van der Waals surface area contributed by atoms with E-state index in [2.05, 4.69) is 10.6 Å². The van der Waals surface area contributed by atoms with Crippen molar-refractivity contribution in [2.45, 2.75) is 57.3 Å². The zero-order valence-electron chi connectivity index (χ0n) is 19.8. The lowest BCUT2D eigenvalue weighted by Gasteiger charge is -2.41. The van der Waals surface area contributed by atoms with Crippen molar-refractivity contribution in [3.05, 3.63) is 29.8 Å². The average Bonchev–Trinajstić information content (AvgIpc) is 2.72. The topological polar surface area (TPSA) is 108 Å². The molecule has 0 bridgehead atoms. The summed E-state index contributed by atoms with van der Waals surface area (Å²) in [5, 5.41) is 4.85. The molecule has 1 aromatic carbocycles. The van der Waals surface area contributed by atoms with Crippen LogP contribution in [0.5, 0.6) is 0 Å². The van der Waals surface area contributed by atoms with E-state index in [0.717, 1.165) is 9.80 Å². The van der Waals surface area contributed by atoms with Crippen LogP contribution in [0.2, 0.25) is 0 Å². The first kappa shape index (κ1) is 26.5. The van der Waals surface area contributed by atoms with Crippen LogP contribution < -0.4 is 10.6 Å². The van der Waals surface area contributed by atoms with E-state index < -0.39 is 54.7 Å². The summed E-state index contributed by atoms with van der Waals surface area (Å²) in [5.74, 6) is -1.99. The van der Waals surface area contributed by atoms with E-state index in [0.29, 0.717) is 17.7 Å². The Kier molecular flexibility index (Phi) is 7.73. The Balaban J connectivity index is 1.64. The molecule has 2 heterocycles. The molecule has 2 N–H and O–H groups in total. The largest absolute Gasteiger partial charge is 0.444 e. The van der Waals surface area contributed by atoms with Gasteiger partial charge in [-0.05, 0) is 44.9 Å². The number of hydrogen-bond donors (Lipinski definition) is 2. The highest BCUT2D eigenvalue weighted by atomic mass is 19.4. The smallest absolute Gasteiger partial charge is 0.410 e. The Morgan fingerprint density at radius 3 is 2.51 bits per heavy atom. The van der Waals surface area contributed by atoms with Gasteiger partial charge in [0.1, 0.15) is 11.6 Å². The van der Waals surface area contributed by atoms with E-state index in [9.17, 15) is 32.3 Å². The van der Waals surface area contributed by atoms with Crippen LogP contribution in [0.25, 0.3) is 0 Å². The van der Waals surface area contributed by atoms with Gasteiger partial charge < -0.3 is 15.0 Å². The van der Waals surface area contributed by atoms with Gasteiger partial charge in [-0.25, -0.2) is 4.79 Å². The van der Waals surface area contributed by atoms with Gasteiger partial charge in [0.05, 0.1) is 12.5 Å². The summed E-state index contributed by atoms with van der Waals surface area (Å²) in [6.45, 7) is 3.53. The van der Waals surface area contributed by atoms with Crippen molar-refractivity contribution in [1.29, 1.82) is 0 Å². The van der Waals surface area contributed by atoms with E-state index >= 15 is 0 Å². The Bertz CT molecular complexity index is 992. The quantitative estimate of drug-likeness (QED) is 0.618. The molecule has 2 atom stereocenters. The summed E-state index contributed by atoms with van der Waals surface area (Å²) in [6.07, 6.45) is -4.97. The third-order valence-corrected chi connectivity index (χ3v) is 5.68. The Morgan fingerprint density at radius 2 is 1.89 bits per heavy atom. The van der Waals surface area contributed by atoms with Gasteiger partial charge in [0, 0.05) is 31.7 Å². The first-order valence-corrected chi connectivity index (χ1v) is 11.2. The number of hydrogen-bond acceptors (Lipinski definition) is 6. The lowest BCUT2D eigenvalue weighted by atomic mass is 9.90. The minimum absolute atomic E-state index is 0.0141. The number of ether oxygens (including phenoxy) is 1. The van der Waals surface area contributed by atoms with Gasteiger partial charge in [0.25, 0.3) is 0 Å². The average molecular weight is 499 g/mol. The van der Waals surface area contributed by atoms with Crippen LogP contribution in [-0.2, 0) is 19.1 Å². The highest BCUT2D eigenvalue weighted by Gasteiger charge is 2.48. The van der Waals surface area contributed by atoms with Crippen LogP contribution in [0.4, 0.5) is 23.7 Å². The SMILES string of the molecule is CC(C)(C)OC(=O)N1CCN(CC(=O)Nc2cccc([C@H]3CCC(=O)NC3=O)c2)[C@@H](C(F)(F)F)C1. The molecular weight excluding hydrogens is 469 g/mol. The van der Waals surface area contributed by atoms with E-state index in [1.165, 1.54) is 0 Å². The fourth-order valence-corrected chi connectivity index (χ4v) is 4.04. The number of nitrogens with zero attached hydrogens (tertiary/aromatic N) is 2. The molecule has 35 heavy (non-hydrogen) atoms. The number of halogens is 3. The molecule has 0 radical (unpaired) electrons. The van der Waals surface area contributed by atoms with Crippen LogP contribution in [0.1, 0.15) is 45.1 Å². The molecule has 3 rings (SSSR count). The summed E-state index contributed by atoms with van der Waals surface area (Å²) < 4.78 is 46.4. The van der Waals surface area contributed by atoms with Crippen LogP contribution >= 0.6 is 0 Å². The predicted molar refractivity (Wildman–Crippen MR) is 119 cm³/mol. The summed E-state index contributed by atoms with van der Waals surface area (Å²) in [5.41, 5.74) is 0.0737. The molecule has 1 aromatic rings. The maximum Gasteiger partial charge on any atom is 0.410 e. The molecule has 0 unspecified atom stereocenters. The lowest BCUT2D eigenvalue weighted by Crippen LogP contribution is -2.61. The van der Waals surface area contributed by atoms with Crippen molar-refractivity contribution in [2.75, 3.05) is 31.5 Å². The number of nitrogens with one attached hydrogen (secondary N) is 2. The maximum atomic E-state index is 13.8. The van der Waals surface area contributed by atoms with Crippen molar-refractivity contribution >= 4 is 29.5 Å². The van der Waals surface area contributed by atoms with E-state index in [1.54, 1.807) is 45.0 Å². The van der Waals surface area contributed by atoms with Crippen molar-refractivity contribution in [3.63, 3.8) is 0 Å². The molecule has 2 aliphatic rings. The second kappa shape index (κ2) is 10.2. The number of carbonyl (C=O) groups is 4. The van der Waals surface area contributed by atoms with Gasteiger partial charge in [-0.3, -0.25) is 24.6 Å². The minimum atomic E-state index is -4.66. The first-order chi connectivity index (χ1) is 16.2. The molecule has 192 valence electrons. The third-order valence-electron chi connectivity index (χ3n) is 5.68. The number of carbonyl (C=O) groups excluding carboxylic acids is 4. The standard InChI is InChI=1S/C23H29F3N4O5/c1-22(2,3)35-21(34)30-10-9-29(17(12-30)23(24,25)26)13-19(32)27-15-6-4-5-14(11-15)16-7-8-18(31)28-20(16)33/h4-6,11,16-17H,7-10,12-13H2,1-3H3,(H,27,32)(H,28,31,33)/t16-,17-/m1/s1. The summed E-state index contributed by atoms with van der Waals surface area (Å²) in [7, 11) is 0. The summed E-state index contributed by atoms with van der Waals surface area (Å²) in [6, 6.07) is 4.41. The second-order valence-electron chi connectivity index (χ2n) is 9.63. The third kappa shape index (κ3) is 7.17. The van der Waals surface area contributed by atoms with Crippen LogP contribution in [0.3, 0.4) is 0 Å². The number of rotatable bonds is 4. The summed E-state index contributed by atoms with van der Waals surface area (Å²) >= 11 is 0. The van der Waals surface area contributed by atoms with Gasteiger partial charge in [-0.2, -0.15) is 13.2 Å². The van der Waals surface area contributed by atoms with Gasteiger partial charge >= 0.3 is 12.3 Å². The Labute approximate surface area is 200 Å². The van der Waals surface area contributed by atoms with Crippen molar-refractivity contribution in [2.24, 2.45) is 0 Å². The Morgan fingerprint density at radius 1 is 1.17 bits per heavy atom. The fraction of sp³-hybridized carbons (Fsp3) is 0.565. The fourth-order valence-electron chi connectivity index (χ4n) is 4.04. The number of piperidine rings is 1. The number of benzene rings is 1. The lowest BCUT2D eigenvalue weighted by molar-refractivity contribution is -0.195. The Hall–Kier alpha value is -3.15. The molecule has 2 aliphatic heterocycles. The molecule has 0 aliphatic carbocycles. The first-order valence-electron chi connectivity index (χ1n) is 11.2. The van der Waals surface area contributed by atoms with E-state index in [-0.39, 0.29) is 25.4 Å². The van der Waals surface area contributed by atoms with Crippen LogP contribution in [-0.4, -0.2) is 77.6 Å². The minimum Gasteiger partial charge on any atom is -0.444 e. The summed E-state index contributed by atoms with van der Waals surface area (Å²) in [4.78, 5) is 50.3. The molecule has 2 fully saturated rings. The second-order valence-corrected chi connectivity index (χ2v) is 9.63. The number of amides is 4. The van der Waals surface area contributed by atoms with Crippen LogP contribution in [0, 0.1) is 0 Å². The van der Waals surface area contributed by atoms with Crippen molar-refractivity contribution in [1.82, 2.24) is 15.1 Å².